The molecule has 38 heavy (non-hydrogen) atoms. The number of nitrogens with zero attached hydrogens (tertiary/aromatic N) is 1. The van der Waals surface area contributed by atoms with Crippen molar-refractivity contribution in [3.05, 3.63) is 89.6 Å². The van der Waals surface area contributed by atoms with Crippen molar-refractivity contribution in [3.8, 4) is 16.9 Å². The van der Waals surface area contributed by atoms with Crippen LogP contribution in [0.15, 0.2) is 72.9 Å². The Hall–Kier alpha value is -3.90. The number of benzene rings is 3. The third-order valence-corrected chi connectivity index (χ3v) is 8.34. The highest BCUT2D eigenvalue weighted by Gasteiger charge is 2.46. The van der Waals surface area contributed by atoms with Crippen molar-refractivity contribution in [3.63, 3.8) is 0 Å². The molecule has 6 nitrogen and oxygen atoms in total. The van der Waals surface area contributed by atoms with Crippen LogP contribution in [0, 0.1) is 0 Å². The quantitative estimate of drug-likeness (QED) is 0.303. The molecule has 2 aliphatic rings. The number of fused-ring (bicyclic) bond motifs is 3. The molecule has 1 aliphatic heterocycles. The molecule has 6 heteroatoms. The Morgan fingerprint density at radius 3 is 2.74 bits per heavy atom. The standard InChI is InChI=1S/C32H32N2O4/c1-20(17-30(35)36)22-5-2-3-8-28(22)38-29-19-32(12-15-37-16-13-32)27-10-9-21(18-26(27)29)23-6-4-7-25-24(23)11-14-34-31(25)33/h2-11,14,18,20,29H,12-13,15-17,19H2,1H3,(H2,33,34)(H,35,36). The molecule has 1 saturated heterocycles. The second kappa shape index (κ2) is 9.76. The van der Waals surface area contributed by atoms with Crippen molar-refractivity contribution in [2.75, 3.05) is 18.9 Å². The summed E-state index contributed by atoms with van der Waals surface area (Å²) in [4.78, 5) is 15.7. The number of para-hydroxylation sites is 1. The van der Waals surface area contributed by atoms with Gasteiger partial charge in [0.15, 0.2) is 0 Å². The van der Waals surface area contributed by atoms with E-state index in [2.05, 4.69) is 29.2 Å². The zero-order valence-electron chi connectivity index (χ0n) is 21.5. The first-order chi connectivity index (χ1) is 18.4. The third kappa shape index (κ3) is 4.29. The van der Waals surface area contributed by atoms with Crippen LogP contribution in [-0.2, 0) is 14.9 Å². The molecule has 4 aromatic rings. The average Bonchev–Trinajstić information content (AvgIpc) is 3.20. The van der Waals surface area contributed by atoms with E-state index in [1.165, 1.54) is 11.1 Å². The molecule has 1 spiro atoms. The largest absolute Gasteiger partial charge is 0.485 e. The first-order valence-electron chi connectivity index (χ1n) is 13.3. The first-order valence-corrected chi connectivity index (χ1v) is 13.3. The maximum Gasteiger partial charge on any atom is 0.303 e. The lowest BCUT2D eigenvalue weighted by molar-refractivity contribution is -0.137. The molecule has 1 aromatic heterocycles. The van der Waals surface area contributed by atoms with Crippen LogP contribution in [-0.4, -0.2) is 29.3 Å². The molecule has 0 radical (unpaired) electrons. The summed E-state index contributed by atoms with van der Waals surface area (Å²) >= 11 is 0. The van der Waals surface area contributed by atoms with Gasteiger partial charge in [0, 0.05) is 30.2 Å². The van der Waals surface area contributed by atoms with Gasteiger partial charge in [-0.05, 0) is 76.6 Å². The van der Waals surface area contributed by atoms with Crippen LogP contribution >= 0.6 is 0 Å². The van der Waals surface area contributed by atoms with E-state index in [9.17, 15) is 9.90 Å². The zero-order valence-corrected chi connectivity index (χ0v) is 21.5. The average molecular weight is 509 g/mol. The van der Waals surface area contributed by atoms with Crippen molar-refractivity contribution >= 4 is 22.6 Å². The van der Waals surface area contributed by atoms with Crippen LogP contribution in [0.2, 0.25) is 0 Å². The summed E-state index contributed by atoms with van der Waals surface area (Å²) in [6.07, 6.45) is 4.49. The molecule has 194 valence electrons. The number of ether oxygens (including phenoxy) is 2. The molecule has 2 unspecified atom stereocenters. The summed E-state index contributed by atoms with van der Waals surface area (Å²) in [5.74, 6) is 0.327. The Morgan fingerprint density at radius 1 is 1.11 bits per heavy atom. The van der Waals surface area contributed by atoms with Crippen LogP contribution in [0.5, 0.6) is 5.75 Å². The molecule has 3 aromatic carbocycles. The van der Waals surface area contributed by atoms with Crippen LogP contribution in [0.3, 0.4) is 0 Å². The van der Waals surface area contributed by atoms with Gasteiger partial charge in [0.2, 0.25) is 0 Å². The van der Waals surface area contributed by atoms with E-state index < -0.39 is 5.97 Å². The number of pyridine rings is 1. The number of nitrogen functional groups attached to an aromatic ring is 1. The molecule has 0 bridgehead atoms. The number of anilines is 1. The fourth-order valence-electron chi connectivity index (χ4n) is 6.40. The Morgan fingerprint density at radius 2 is 1.92 bits per heavy atom. The van der Waals surface area contributed by atoms with E-state index in [-0.39, 0.29) is 23.9 Å². The van der Waals surface area contributed by atoms with E-state index in [0.717, 1.165) is 65.7 Å². The number of rotatable bonds is 6. The fourth-order valence-corrected chi connectivity index (χ4v) is 6.40. The maximum atomic E-state index is 11.4. The minimum atomic E-state index is -0.810. The number of aliphatic carboxylic acids is 1. The van der Waals surface area contributed by atoms with E-state index in [1.54, 1.807) is 6.20 Å². The highest BCUT2D eigenvalue weighted by atomic mass is 16.5. The van der Waals surface area contributed by atoms with Gasteiger partial charge in [-0.3, -0.25) is 4.79 Å². The number of carbonyl (C=O) groups is 1. The summed E-state index contributed by atoms with van der Waals surface area (Å²) in [6, 6.07) is 22.8. The van der Waals surface area contributed by atoms with Gasteiger partial charge in [-0.15, -0.1) is 0 Å². The second-order valence-corrected chi connectivity index (χ2v) is 10.6. The Balaban J connectivity index is 1.43. The van der Waals surface area contributed by atoms with Crippen molar-refractivity contribution in [2.24, 2.45) is 0 Å². The van der Waals surface area contributed by atoms with E-state index in [0.29, 0.717) is 5.82 Å². The molecule has 3 N–H and O–H groups in total. The van der Waals surface area contributed by atoms with Crippen molar-refractivity contribution in [1.29, 1.82) is 0 Å². The minimum absolute atomic E-state index is 0.0194. The molecule has 2 atom stereocenters. The minimum Gasteiger partial charge on any atom is -0.485 e. The smallest absolute Gasteiger partial charge is 0.303 e. The van der Waals surface area contributed by atoms with Gasteiger partial charge >= 0.3 is 5.97 Å². The van der Waals surface area contributed by atoms with Gasteiger partial charge in [-0.1, -0.05) is 55.5 Å². The lowest BCUT2D eigenvalue weighted by Crippen LogP contribution is -2.32. The molecule has 0 saturated carbocycles. The lowest BCUT2D eigenvalue weighted by atomic mass is 9.75. The maximum absolute atomic E-state index is 11.4. The summed E-state index contributed by atoms with van der Waals surface area (Å²) < 4.78 is 12.5. The Labute approximate surface area is 222 Å². The van der Waals surface area contributed by atoms with Crippen molar-refractivity contribution < 1.29 is 19.4 Å². The monoisotopic (exact) mass is 508 g/mol. The highest BCUT2D eigenvalue weighted by Crippen LogP contribution is 2.53. The Kier molecular flexibility index (Phi) is 6.28. The SMILES string of the molecule is CC(CC(=O)O)c1ccccc1OC1CC2(CCOCC2)c2ccc(-c3cccc4c(N)nccc34)cc21. The van der Waals surface area contributed by atoms with E-state index in [4.69, 9.17) is 15.2 Å². The van der Waals surface area contributed by atoms with Crippen molar-refractivity contribution in [1.82, 2.24) is 4.98 Å². The molecule has 1 fully saturated rings. The fraction of sp³-hybridized carbons (Fsp3) is 0.312. The molecule has 2 heterocycles. The first kappa shape index (κ1) is 24.4. The van der Waals surface area contributed by atoms with Gasteiger partial charge in [0.1, 0.15) is 17.7 Å². The van der Waals surface area contributed by atoms with E-state index >= 15 is 0 Å². The second-order valence-electron chi connectivity index (χ2n) is 10.6. The summed E-state index contributed by atoms with van der Waals surface area (Å²) in [5.41, 5.74) is 11.9. The summed E-state index contributed by atoms with van der Waals surface area (Å²) in [6.45, 7) is 3.43. The van der Waals surface area contributed by atoms with Gasteiger partial charge in [-0.2, -0.15) is 0 Å². The lowest BCUT2D eigenvalue weighted by Gasteiger charge is -2.34. The number of carboxylic acid groups (broad SMARTS) is 1. The summed E-state index contributed by atoms with van der Waals surface area (Å²) in [7, 11) is 0. The topological polar surface area (TPSA) is 94.7 Å². The predicted octanol–water partition coefficient (Wildman–Crippen LogP) is 6.63. The highest BCUT2D eigenvalue weighted by molar-refractivity contribution is 6.01. The number of hydrogen-bond acceptors (Lipinski definition) is 5. The molecular weight excluding hydrogens is 476 g/mol. The summed E-state index contributed by atoms with van der Waals surface area (Å²) in [5, 5.41) is 11.4. The zero-order chi connectivity index (χ0) is 26.3. The van der Waals surface area contributed by atoms with Gasteiger partial charge in [0.25, 0.3) is 0 Å². The molecule has 6 rings (SSSR count). The van der Waals surface area contributed by atoms with Crippen LogP contribution in [0.4, 0.5) is 5.82 Å². The number of aromatic nitrogens is 1. The molecular formula is C32H32N2O4. The van der Waals surface area contributed by atoms with Crippen LogP contribution in [0.25, 0.3) is 21.9 Å². The van der Waals surface area contributed by atoms with Gasteiger partial charge < -0.3 is 20.3 Å². The number of nitrogens with two attached hydrogens (primary N) is 1. The van der Waals surface area contributed by atoms with Gasteiger partial charge in [0.05, 0.1) is 6.42 Å². The van der Waals surface area contributed by atoms with E-state index in [1.807, 2.05) is 49.4 Å². The molecule has 1 aliphatic carbocycles. The predicted molar refractivity (Wildman–Crippen MR) is 148 cm³/mol. The molecule has 0 amide bonds. The van der Waals surface area contributed by atoms with Gasteiger partial charge in [-0.25, -0.2) is 4.98 Å². The third-order valence-electron chi connectivity index (χ3n) is 8.34. The van der Waals surface area contributed by atoms with Crippen LogP contribution < -0.4 is 10.5 Å². The number of hydrogen-bond donors (Lipinski definition) is 2. The normalized spacial score (nSPS) is 18.8. The van der Waals surface area contributed by atoms with Crippen molar-refractivity contribution in [2.45, 2.75) is 50.0 Å². The van der Waals surface area contributed by atoms with Crippen LogP contribution in [0.1, 0.15) is 61.3 Å². The Bertz CT molecular complexity index is 1510. The number of carboxylic acids is 1.